The van der Waals surface area contributed by atoms with Gasteiger partial charge in [-0.3, -0.25) is 4.79 Å². The third-order valence-electron chi connectivity index (χ3n) is 2.03. The Balaban J connectivity index is -0.000000297. The third kappa shape index (κ3) is 24.5. The van der Waals surface area contributed by atoms with Gasteiger partial charge in [0.15, 0.2) is 6.23 Å². The lowest BCUT2D eigenvalue weighted by Crippen LogP contribution is -2.19. The Labute approximate surface area is 157 Å². The van der Waals surface area contributed by atoms with Crippen LogP contribution in [-0.2, 0) is 4.79 Å². The van der Waals surface area contributed by atoms with Crippen LogP contribution in [0, 0.1) is 22.2 Å². The van der Waals surface area contributed by atoms with Gasteiger partial charge >= 0.3 is 0 Å². The van der Waals surface area contributed by atoms with Crippen molar-refractivity contribution in [1.29, 1.82) is 5.26 Å². The van der Waals surface area contributed by atoms with E-state index in [1.807, 2.05) is 19.9 Å². The number of thiol groups is 1. The Kier molecular flexibility index (Phi) is 22.5. The van der Waals surface area contributed by atoms with Gasteiger partial charge in [0.25, 0.3) is 0 Å². The van der Waals surface area contributed by atoms with E-state index in [0.29, 0.717) is 5.56 Å². The van der Waals surface area contributed by atoms with Crippen molar-refractivity contribution in [2.24, 2.45) is 11.1 Å². The molecule has 0 spiro atoms. The number of nitriles is 1. The molecule has 1 rings (SSSR count). The molecule has 7 heteroatoms. The second kappa shape index (κ2) is 20.1. The molecular formula is C18H31N3O3S. The molecule has 0 aliphatic heterocycles. The second-order valence-electron chi connectivity index (χ2n) is 5.19. The minimum Gasteiger partial charge on any atom is -0.369 e. The molecule has 142 valence electrons. The molecule has 0 heterocycles. The predicted molar refractivity (Wildman–Crippen MR) is 105 cm³/mol. The number of rotatable bonds is 4. The van der Waals surface area contributed by atoms with Gasteiger partial charge < -0.3 is 10.4 Å². The molecule has 25 heavy (non-hydrogen) atoms. The van der Waals surface area contributed by atoms with E-state index in [1.54, 1.807) is 24.3 Å². The molecule has 0 fully saturated rings. The molecule has 0 aliphatic rings. The van der Waals surface area contributed by atoms with Crippen molar-refractivity contribution in [3.05, 3.63) is 34.7 Å². The number of nitroso groups, excluding NO2 is 1. The molecule has 0 aromatic heterocycles. The van der Waals surface area contributed by atoms with Gasteiger partial charge in [0.2, 0.25) is 5.91 Å². The van der Waals surface area contributed by atoms with E-state index in [-0.39, 0.29) is 18.7 Å². The zero-order valence-electron chi connectivity index (χ0n) is 16.0. The standard InChI is InChI=1S/C7H5NS.C5H10N2O3.C4H10.C2H6/c8-5-6-1-3-7(9)4-2-6;1-6-4(8)2-3-5(9)7-10;1-4(2)3;1-2/h1-4,9H;5,9H,2-3H2,1H3,(H,6,8);4H,1-3H3;1-2H3. The molecule has 1 atom stereocenters. The highest BCUT2D eigenvalue weighted by Gasteiger charge is 2.05. The Hall–Kier alpha value is -1.91. The van der Waals surface area contributed by atoms with E-state index in [9.17, 15) is 9.70 Å². The summed E-state index contributed by atoms with van der Waals surface area (Å²) in [5, 5.41) is 21.6. The average molecular weight is 370 g/mol. The number of hydrogen-bond donors (Lipinski definition) is 3. The maximum absolute atomic E-state index is 10.5. The summed E-state index contributed by atoms with van der Waals surface area (Å²) in [6, 6.07) is 9.08. The highest BCUT2D eigenvalue weighted by atomic mass is 32.1. The van der Waals surface area contributed by atoms with E-state index < -0.39 is 6.23 Å². The van der Waals surface area contributed by atoms with Crippen LogP contribution < -0.4 is 5.32 Å². The molecule has 2 N–H and O–H groups in total. The van der Waals surface area contributed by atoms with Crippen LogP contribution in [0.2, 0.25) is 0 Å². The maximum atomic E-state index is 10.5. The number of nitrogens with one attached hydrogen (secondary N) is 1. The number of nitrogens with zero attached hydrogens (tertiary/aromatic N) is 2. The van der Waals surface area contributed by atoms with Crippen molar-refractivity contribution >= 4 is 18.5 Å². The second-order valence-corrected chi connectivity index (χ2v) is 5.71. The molecule has 6 nitrogen and oxygen atoms in total. The lowest BCUT2D eigenvalue weighted by atomic mass is 10.2. The fourth-order valence-electron chi connectivity index (χ4n) is 0.974. The van der Waals surface area contributed by atoms with Gasteiger partial charge in [0.05, 0.1) is 11.6 Å². The van der Waals surface area contributed by atoms with Crippen LogP contribution in [0.5, 0.6) is 0 Å². The van der Waals surface area contributed by atoms with E-state index in [4.69, 9.17) is 10.4 Å². The minimum atomic E-state index is -1.25. The quantitative estimate of drug-likeness (QED) is 0.548. The number of carbonyl (C=O) groups excluding carboxylic acids is 1. The summed E-state index contributed by atoms with van der Waals surface area (Å²) >= 11 is 4.06. The topological polar surface area (TPSA) is 103 Å². The van der Waals surface area contributed by atoms with E-state index in [1.165, 1.54) is 7.05 Å². The van der Waals surface area contributed by atoms with E-state index in [2.05, 4.69) is 43.9 Å². The summed E-state index contributed by atoms with van der Waals surface area (Å²) in [5.41, 5.74) is 0.674. The Morgan fingerprint density at radius 1 is 1.28 bits per heavy atom. The first-order valence-electron chi connectivity index (χ1n) is 8.17. The van der Waals surface area contributed by atoms with Crippen LogP contribution in [0.4, 0.5) is 0 Å². The number of hydrogen-bond acceptors (Lipinski definition) is 6. The Bertz CT molecular complexity index is 483. The van der Waals surface area contributed by atoms with Crippen LogP contribution in [-0.4, -0.2) is 24.3 Å². The van der Waals surface area contributed by atoms with Crippen molar-refractivity contribution in [3.63, 3.8) is 0 Å². The lowest BCUT2D eigenvalue weighted by Gasteiger charge is -1.99. The van der Waals surface area contributed by atoms with Crippen LogP contribution in [0.3, 0.4) is 0 Å². The highest BCUT2D eigenvalue weighted by molar-refractivity contribution is 7.80. The summed E-state index contributed by atoms with van der Waals surface area (Å²) in [5.74, 6) is 0.628. The van der Waals surface area contributed by atoms with Gasteiger partial charge in [-0.2, -0.15) is 5.26 Å². The number of benzene rings is 1. The summed E-state index contributed by atoms with van der Waals surface area (Å²) < 4.78 is 0. The Morgan fingerprint density at radius 2 is 1.72 bits per heavy atom. The summed E-state index contributed by atoms with van der Waals surface area (Å²) in [6.07, 6.45) is -1.04. The Morgan fingerprint density at radius 3 is 2.04 bits per heavy atom. The third-order valence-corrected chi connectivity index (χ3v) is 2.32. The lowest BCUT2D eigenvalue weighted by molar-refractivity contribution is -0.121. The van der Waals surface area contributed by atoms with Gasteiger partial charge in [0, 0.05) is 24.8 Å². The predicted octanol–water partition coefficient (Wildman–Crippen LogP) is 4.13. The summed E-state index contributed by atoms with van der Waals surface area (Å²) in [4.78, 5) is 20.9. The van der Waals surface area contributed by atoms with E-state index >= 15 is 0 Å². The monoisotopic (exact) mass is 369 g/mol. The smallest absolute Gasteiger partial charge is 0.219 e. The first-order valence-corrected chi connectivity index (χ1v) is 8.61. The van der Waals surface area contributed by atoms with Gasteiger partial charge in [-0.05, 0) is 35.4 Å². The van der Waals surface area contributed by atoms with Gasteiger partial charge in [-0.25, -0.2) is 0 Å². The number of amides is 1. The zero-order chi connectivity index (χ0) is 20.3. The van der Waals surface area contributed by atoms with Crippen molar-refractivity contribution in [3.8, 4) is 6.07 Å². The van der Waals surface area contributed by atoms with Crippen molar-refractivity contribution in [2.45, 2.75) is 58.6 Å². The fourth-order valence-corrected chi connectivity index (χ4v) is 1.12. The van der Waals surface area contributed by atoms with Gasteiger partial charge in [-0.1, -0.05) is 34.6 Å². The first-order chi connectivity index (χ1) is 11.8. The molecule has 1 aromatic rings. The average Bonchev–Trinajstić information content (AvgIpc) is 2.61. The highest BCUT2D eigenvalue weighted by Crippen LogP contribution is 2.05. The van der Waals surface area contributed by atoms with Crippen LogP contribution in [0.1, 0.15) is 53.0 Å². The van der Waals surface area contributed by atoms with Crippen LogP contribution >= 0.6 is 12.6 Å². The SMILES string of the molecule is CC.CC(C)C.CNC(=O)CCC(O)N=O.N#Cc1ccc(S)cc1. The van der Waals surface area contributed by atoms with Gasteiger partial charge in [0.1, 0.15) is 0 Å². The number of carbonyl (C=O) groups is 1. The normalized spacial score (nSPS) is 9.60. The number of aliphatic hydroxyl groups excluding tert-OH is 1. The minimum absolute atomic E-state index is 0.0865. The van der Waals surface area contributed by atoms with Crippen LogP contribution in [0.25, 0.3) is 0 Å². The van der Waals surface area contributed by atoms with Gasteiger partial charge in [-0.15, -0.1) is 17.5 Å². The van der Waals surface area contributed by atoms with Crippen LogP contribution in [0.15, 0.2) is 34.3 Å². The maximum Gasteiger partial charge on any atom is 0.219 e. The first kappa shape index (κ1) is 27.9. The number of aliphatic hydroxyl groups is 1. The molecule has 1 unspecified atom stereocenters. The van der Waals surface area contributed by atoms with E-state index in [0.717, 1.165) is 10.8 Å². The molecule has 0 saturated heterocycles. The zero-order valence-corrected chi connectivity index (χ0v) is 16.9. The fraction of sp³-hybridized carbons (Fsp3) is 0.556. The molecule has 0 bridgehead atoms. The summed E-state index contributed by atoms with van der Waals surface area (Å²) in [6.45, 7) is 10.5. The molecular weight excluding hydrogens is 338 g/mol. The summed E-state index contributed by atoms with van der Waals surface area (Å²) in [7, 11) is 1.49. The molecule has 0 saturated carbocycles. The van der Waals surface area contributed by atoms with Crippen molar-refractivity contribution < 1.29 is 9.90 Å². The molecule has 0 aliphatic carbocycles. The molecule has 1 amide bonds. The van der Waals surface area contributed by atoms with Crippen molar-refractivity contribution in [1.82, 2.24) is 5.32 Å². The van der Waals surface area contributed by atoms with Crippen molar-refractivity contribution in [2.75, 3.05) is 7.05 Å². The molecule has 0 radical (unpaired) electrons. The molecule has 1 aromatic carbocycles. The largest absolute Gasteiger partial charge is 0.369 e.